The number of fused-ring (bicyclic) bond motifs is 18. The number of ether oxygens (including phenoxy) is 1. The molecular formula is C35H47N5O6. The van der Waals surface area contributed by atoms with Crippen molar-refractivity contribution in [2.75, 3.05) is 20.2 Å². The van der Waals surface area contributed by atoms with Gasteiger partial charge in [0.05, 0.1) is 7.11 Å². The highest BCUT2D eigenvalue weighted by molar-refractivity contribution is 5.99. The average molecular weight is 634 g/mol. The minimum atomic E-state index is -1.01. The van der Waals surface area contributed by atoms with Crippen LogP contribution in [0.4, 0.5) is 0 Å². The van der Waals surface area contributed by atoms with E-state index in [1.807, 2.05) is 43.0 Å². The van der Waals surface area contributed by atoms with Crippen molar-refractivity contribution < 1.29 is 28.7 Å². The lowest BCUT2D eigenvalue weighted by Crippen LogP contribution is -2.58. The maximum absolute atomic E-state index is 13.7. The van der Waals surface area contributed by atoms with E-state index in [-0.39, 0.29) is 30.1 Å². The first-order chi connectivity index (χ1) is 22.1. The molecule has 4 N–H and O–H groups in total. The third-order valence-electron chi connectivity index (χ3n) is 8.75. The molecule has 5 amide bonds. The number of hydrogen-bond acceptors (Lipinski definition) is 6. The van der Waals surface area contributed by atoms with E-state index in [1.165, 1.54) is 0 Å². The van der Waals surface area contributed by atoms with Crippen molar-refractivity contribution in [2.45, 2.75) is 84.0 Å². The smallest absolute Gasteiger partial charge is 0.251 e. The fraction of sp³-hybridized carbons (Fsp3) is 0.514. The molecule has 4 atom stereocenters. The van der Waals surface area contributed by atoms with Gasteiger partial charge in [-0.2, -0.15) is 0 Å². The topological polar surface area (TPSA) is 146 Å². The number of benzene rings is 2. The molecule has 46 heavy (non-hydrogen) atoms. The van der Waals surface area contributed by atoms with Crippen LogP contribution in [0.15, 0.2) is 48.5 Å². The van der Waals surface area contributed by atoms with Gasteiger partial charge in [-0.3, -0.25) is 24.0 Å². The Bertz CT molecular complexity index is 1370. The lowest BCUT2D eigenvalue weighted by atomic mass is 9.96. The fourth-order valence-electron chi connectivity index (χ4n) is 5.40. The van der Waals surface area contributed by atoms with E-state index in [0.29, 0.717) is 50.2 Å². The van der Waals surface area contributed by atoms with Crippen LogP contribution in [0.3, 0.4) is 0 Å². The molecule has 2 bridgehead atoms. The van der Waals surface area contributed by atoms with E-state index >= 15 is 0 Å². The molecule has 1 unspecified atom stereocenters. The van der Waals surface area contributed by atoms with Crippen LogP contribution in [0.5, 0.6) is 5.75 Å². The van der Waals surface area contributed by atoms with Crippen LogP contribution in [0.1, 0.15) is 74.4 Å². The van der Waals surface area contributed by atoms with Crippen LogP contribution in [0, 0.1) is 11.8 Å². The molecule has 2 heterocycles. The minimum absolute atomic E-state index is 0.0703. The number of nitrogens with one attached hydrogen (secondary N) is 4. The molecule has 2 aliphatic heterocycles. The zero-order valence-corrected chi connectivity index (χ0v) is 27.3. The molecule has 11 nitrogen and oxygen atoms in total. The molecule has 0 saturated heterocycles. The summed E-state index contributed by atoms with van der Waals surface area (Å²) in [6, 6.07) is 11.5. The Morgan fingerprint density at radius 1 is 0.913 bits per heavy atom. The first-order valence-electron chi connectivity index (χ1n) is 16.3. The van der Waals surface area contributed by atoms with Crippen molar-refractivity contribution in [3.8, 4) is 5.75 Å². The number of carbonyl (C=O) groups is 5. The number of methoxy groups -OCH3 is 1. The van der Waals surface area contributed by atoms with Gasteiger partial charge in [0, 0.05) is 37.5 Å². The maximum Gasteiger partial charge on any atom is 0.251 e. The van der Waals surface area contributed by atoms with Gasteiger partial charge < -0.3 is 30.9 Å². The van der Waals surface area contributed by atoms with Crippen molar-refractivity contribution in [3.63, 3.8) is 0 Å². The van der Waals surface area contributed by atoms with Crippen molar-refractivity contribution >= 4 is 29.5 Å². The summed E-state index contributed by atoms with van der Waals surface area (Å²) in [5.41, 5.74) is 2.07. The quantitative estimate of drug-likeness (QED) is 0.360. The number of rotatable bonds is 6. The van der Waals surface area contributed by atoms with E-state index in [9.17, 15) is 24.0 Å². The van der Waals surface area contributed by atoms with Gasteiger partial charge in [-0.05, 0) is 73.9 Å². The van der Waals surface area contributed by atoms with Crippen LogP contribution >= 0.6 is 0 Å². The van der Waals surface area contributed by atoms with E-state index in [1.54, 1.807) is 38.3 Å². The number of amides is 5. The predicted molar refractivity (Wildman–Crippen MR) is 174 cm³/mol. The summed E-state index contributed by atoms with van der Waals surface area (Å²) in [4.78, 5) is 68.4. The normalized spacial score (nSPS) is 22.9. The van der Waals surface area contributed by atoms with Crippen LogP contribution in [-0.2, 0) is 32.1 Å². The zero-order valence-electron chi connectivity index (χ0n) is 27.3. The molecule has 0 radical (unpaired) electrons. The van der Waals surface area contributed by atoms with Gasteiger partial charge in [-0.1, -0.05) is 44.5 Å². The Labute approximate surface area is 271 Å². The minimum Gasteiger partial charge on any atom is -0.497 e. The van der Waals surface area contributed by atoms with Crippen LogP contribution in [-0.4, -0.2) is 72.8 Å². The van der Waals surface area contributed by atoms with Gasteiger partial charge in [0.25, 0.3) is 5.91 Å². The molecule has 0 aromatic heterocycles. The van der Waals surface area contributed by atoms with Crippen LogP contribution < -0.4 is 26.0 Å². The largest absolute Gasteiger partial charge is 0.497 e. The van der Waals surface area contributed by atoms with Crippen molar-refractivity contribution in [1.29, 1.82) is 0 Å². The summed E-state index contributed by atoms with van der Waals surface area (Å²) >= 11 is 0. The van der Waals surface area contributed by atoms with Gasteiger partial charge in [-0.15, -0.1) is 0 Å². The standard InChI is InChI=1S/C35H47N5O6/c1-5-22(2)30-34(44)38-29(20-24-10-16-28(46-4)17-11-24)33(43)37-23(3)31(41)36-18-6-7-19-40(35(45)27-14-15-27)21-25-8-12-26(13-9-25)32(42)39-30/h8-13,16-17,22-23,27,29-30H,5-7,14-15,18-21H2,1-4H3,(H,36,41)(H,37,43)(H,38,44)(H,39,42)/t22-,23+,29-,30?/m0/s1. The summed E-state index contributed by atoms with van der Waals surface area (Å²) < 4.78 is 5.24. The maximum atomic E-state index is 13.7. The third-order valence-corrected chi connectivity index (χ3v) is 8.75. The molecular weight excluding hydrogens is 586 g/mol. The highest BCUT2D eigenvalue weighted by Gasteiger charge is 2.34. The number of carbonyl (C=O) groups excluding carboxylic acids is 5. The summed E-state index contributed by atoms with van der Waals surface area (Å²) in [7, 11) is 1.56. The van der Waals surface area contributed by atoms with Crippen LogP contribution in [0.2, 0.25) is 0 Å². The summed E-state index contributed by atoms with van der Waals surface area (Å²) in [5.74, 6) is -1.14. The Kier molecular flexibility index (Phi) is 12.2. The number of hydrogen-bond donors (Lipinski definition) is 4. The monoisotopic (exact) mass is 633 g/mol. The van der Waals surface area contributed by atoms with E-state index in [4.69, 9.17) is 4.74 Å². The Morgan fingerprint density at radius 2 is 1.61 bits per heavy atom. The molecule has 0 spiro atoms. The first-order valence-corrected chi connectivity index (χ1v) is 16.3. The summed E-state index contributed by atoms with van der Waals surface area (Å²) in [6.45, 7) is 6.77. The average Bonchev–Trinajstić information content (AvgIpc) is 3.91. The Hall–Kier alpha value is -4.41. The summed E-state index contributed by atoms with van der Waals surface area (Å²) in [6.07, 6.45) is 3.93. The third kappa shape index (κ3) is 9.55. The molecule has 2 aromatic carbocycles. The van der Waals surface area contributed by atoms with E-state index in [0.717, 1.165) is 24.0 Å². The Balaban J connectivity index is 1.59. The molecule has 5 rings (SSSR count). The highest BCUT2D eigenvalue weighted by Crippen LogP contribution is 2.31. The van der Waals surface area contributed by atoms with Crippen LogP contribution in [0.25, 0.3) is 0 Å². The second-order valence-corrected chi connectivity index (χ2v) is 12.4. The molecule has 3 aliphatic rings. The molecule has 1 fully saturated rings. The summed E-state index contributed by atoms with van der Waals surface area (Å²) in [5, 5.41) is 11.4. The molecule has 2 aromatic rings. The lowest BCUT2D eigenvalue weighted by Gasteiger charge is -2.27. The second-order valence-electron chi connectivity index (χ2n) is 12.4. The SMILES string of the molecule is CC[C@H](C)C1NC(=O)c2ccc(cc2)CN(C(=O)C2CC2)CCCCNC(=O)[C@@H](C)NC(=O)[C@H](Cc2ccc(OC)cc2)NC1=O. The van der Waals surface area contributed by atoms with Crippen molar-refractivity contribution in [3.05, 3.63) is 65.2 Å². The first kappa shape index (κ1) is 34.5. The zero-order chi connectivity index (χ0) is 33.2. The van der Waals surface area contributed by atoms with Gasteiger partial charge >= 0.3 is 0 Å². The van der Waals surface area contributed by atoms with Crippen molar-refractivity contribution in [2.24, 2.45) is 11.8 Å². The van der Waals surface area contributed by atoms with E-state index in [2.05, 4.69) is 21.3 Å². The predicted octanol–water partition coefficient (Wildman–Crippen LogP) is 2.72. The molecule has 248 valence electrons. The highest BCUT2D eigenvalue weighted by atomic mass is 16.5. The molecule has 11 heteroatoms. The van der Waals surface area contributed by atoms with Gasteiger partial charge in [-0.25, -0.2) is 0 Å². The van der Waals surface area contributed by atoms with Gasteiger partial charge in [0.1, 0.15) is 23.9 Å². The molecule has 1 aliphatic carbocycles. The fourth-order valence-corrected chi connectivity index (χ4v) is 5.40. The van der Waals surface area contributed by atoms with Gasteiger partial charge in [0.15, 0.2) is 0 Å². The molecule has 1 saturated carbocycles. The number of nitrogens with zero attached hydrogens (tertiary/aromatic N) is 1. The van der Waals surface area contributed by atoms with E-state index < -0.39 is 35.8 Å². The van der Waals surface area contributed by atoms with Gasteiger partial charge in [0.2, 0.25) is 23.6 Å². The Morgan fingerprint density at radius 3 is 2.24 bits per heavy atom. The van der Waals surface area contributed by atoms with Crippen molar-refractivity contribution in [1.82, 2.24) is 26.2 Å². The lowest BCUT2D eigenvalue weighted by molar-refractivity contribution is -0.133. The second kappa shape index (κ2) is 16.2.